The molecular weight excluding hydrogens is 472 g/mol. The number of aromatic nitrogens is 7. The largest absolute Gasteiger partial charge is 0.466 e. The number of carbonyl (C=O) groups excluding carboxylic acids is 1. The van der Waals surface area contributed by atoms with Crippen molar-refractivity contribution in [1.82, 2.24) is 33.7 Å². The number of nitrogens with zero attached hydrogens (tertiary/aromatic N) is 7. The van der Waals surface area contributed by atoms with Crippen molar-refractivity contribution in [3.8, 4) is 0 Å². The van der Waals surface area contributed by atoms with Crippen molar-refractivity contribution in [3.63, 3.8) is 0 Å². The topological polar surface area (TPSA) is 121 Å². The highest BCUT2D eigenvalue weighted by Gasteiger charge is 2.62. The van der Waals surface area contributed by atoms with Gasteiger partial charge in [0.15, 0.2) is 11.3 Å². The Morgan fingerprint density at radius 3 is 2.76 bits per heavy atom. The predicted molar refractivity (Wildman–Crippen MR) is 135 cm³/mol. The van der Waals surface area contributed by atoms with Crippen LogP contribution in [0.4, 0.5) is 11.6 Å². The molecule has 8 rings (SSSR count). The monoisotopic (exact) mass is 502 g/mol. The SMILES string of the molecule is CCOC(=O)C12CC3CC(C1)CC(n1c(=O)n(C)c4cnc(Nc5cn6ncnc6cc5C)nc41)(C3)C2. The van der Waals surface area contributed by atoms with Gasteiger partial charge in [0.1, 0.15) is 11.8 Å². The number of fused-ring (bicyclic) bond motifs is 2. The summed E-state index contributed by atoms with van der Waals surface area (Å²) >= 11 is 0. The van der Waals surface area contributed by atoms with Crippen LogP contribution < -0.4 is 11.0 Å². The highest BCUT2D eigenvalue weighted by atomic mass is 16.5. The minimum absolute atomic E-state index is 0.0993. The molecule has 11 nitrogen and oxygen atoms in total. The summed E-state index contributed by atoms with van der Waals surface area (Å²) in [6.07, 6.45) is 10.3. The summed E-state index contributed by atoms with van der Waals surface area (Å²) in [5.74, 6) is 1.12. The van der Waals surface area contributed by atoms with Gasteiger partial charge in [-0.05, 0) is 75.8 Å². The lowest BCUT2D eigenvalue weighted by Gasteiger charge is -2.60. The molecule has 4 aliphatic rings. The summed E-state index contributed by atoms with van der Waals surface area (Å²) in [5.41, 5.74) is 2.75. The van der Waals surface area contributed by atoms with Crippen LogP contribution in [0.3, 0.4) is 0 Å². The first-order valence-electron chi connectivity index (χ1n) is 13.0. The van der Waals surface area contributed by atoms with Crippen molar-refractivity contribution in [1.29, 1.82) is 0 Å². The van der Waals surface area contributed by atoms with Gasteiger partial charge in [0, 0.05) is 7.05 Å². The van der Waals surface area contributed by atoms with Gasteiger partial charge in [-0.2, -0.15) is 10.1 Å². The van der Waals surface area contributed by atoms with Crippen molar-refractivity contribution >= 4 is 34.4 Å². The molecule has 2 unspecified atom stereocenters. The van der Waals surface area contributed by atoms with Crippen LogP contribution in [0.1, 0.15) is 51.0 Å². The van der Waals surface area contributed by atoms with Gasteiger partial charge in [0.25, 0.3) is 0 Å². The third-order valence-electron chi connectivity index (χ3n) is 8.88. The molecule has 0 amide bonds. The van der Waals surface area contributed by atoms with Crippen LogP contribution in [0.25, 0.3) is 16.8 Å². The molecule has 4 aromatic rings. The number of hydrogen-bond acceptors (Lipinski definition) is 8. The standard InChI is InChI=1S/C26H30N8O3/c1-4-37-22(35)25-7-16-6-17(8-25)10-26(9-16,13-25)34-21-19(32(3)24(34)36)11-27-23(31-21)30-18-12-33-20(5-15(18)2)28-14-29-33/h5,11-12,14,16-17H,4,6-10,13H2,1-3H3,(H,27,30,31). The second-order valence-electron chi connectivity index (χ2n) is 11.3. The van der Waals surface area contributed by atoms with E-state index in [4.69, 9.17) is 9.72 Å². The zero-order valence-electron chi connectivity index (χ0n) is 21.3. The van der Waals surface area contributed by atoms with Crippen molar-refractivity contribution in [2.45, 2.75) is 57.9 Å². The number of esters is 1. The summed E-state index contributed by atoms with van der Waals surface area (Å²) in [7, 11) is 1.77. The van der Waals surface area contributed by atoms with Gasteiger partial charge in [0.2, 0.25) is 5.95 Å². The molecule has 0 spiro atoms. The lowest BCUT2D eigenvalue weighted by molar-refractivity contribution is -0.178. The zero-order valence-corrected chi connectivity index (χ0v) is 21.3. The lowest BCUT2D eigenvalue weighted by Crippen LogP contribution is -2.61. The van der Waals surface area contributed by atoms with Crippen LogP contribution >= 0.6 is 0 Å². The molecule has 192 valence electrons. The smallest absolute Gasteiger partial charge is 0.330 e. The molecule has 11 heteroatoms. The number of imidazole rings is 1. The van der Waals surface area contributed by atoms with E-state index < -0.39 is 11.0 Å². The Hall–Kier alpha value is -3.76. The molecule has 0 aliphatic heterocycles. The van der Waals surface area contributed by atoms with Gasteiger partial charge in [-0.3, -0.25) is 13.9 Å². The number of nitrogens with one attached hydrogen (secondary N) is 1. The van der Waals surface area contributed by atoms with Crippen LogP contribution in [-0.4, -0.2) is 46.3 Å². The van der Waals surface area contributed by atoms with E-state index in [-0.39, 0.29) is 11.7 Å². The first-order chi connectivity index (χ1) is 17.8. The fraction of sp³-hybridized carbons (Fsp3) is 0.538. The van der Waals surface area contributed by atoms with E-state index in [2.05, 4.69) is 20.4 Å². The molecule has 4 bridgehead atoms. The summed E-state index contributed by atoms with van der Waals surface area (Å²) < 4.78 is 10.8. The van der Waals surface area contributed by atoms with Crippen LogP contribution in [0.15, 0.2) is 29.6 Å². The van der Waals surface area contributed by atoms with Crippen LogP contribution in [0.2, 0.25) is 0 Å². The number of aryl methyl sites for hydroxylation is 2. The average molecular weight is 503 g/mol. The van der Waals surface area contributed by atoms with Gasteiger partial charge in [0.05, 0.1) is 35.6 Å². The van der Waals surface area contributed by atoms with Crippen LogP contribution in [-0.2, 0) is 22.1 Å². The van der Waals surface area contributed by atoms with Gasteiger partial charge in [-0.15, -0.1) is 0 Å². The molecule has 2 atom stereocenters. The van der Waals surface area contributed by atoms with Crippen LogP contribution in [0, 0.1) is 24.2 Å². The Morgan fingerprint density at radius 2 is 2.00 bits per heavy atom. The zero-order chi connectivity index (χ0) is 25.5. The quantitative estimate of drug-likeness (QED) is 0.413. The third kappa shape index (κ3) is 3.18. The maximum atomic E-state index is 13.7. The molecule has 1 N–H and O–H groups in total. The average Bonchev–Trinajstić information content (AvgIpc) is 3.40. The Labute approximate surface area is 212 Å². The molecule has 4 saturated carbocycles. The first-order valence-corrected chi connectivity index (χ1v) is 13.0. The molecule has 4 aromatic heterocycles. The summed E-state index contributed by atoms with van der Waals surface area (Å²) in [4.78, 5) is 40.6. The highest BCUT2D eigenvalue weighted by Crippen LogP contribution is 2.64. The highest BCUT2D eigenvalue weighted by molar-refractivity contribution is 5.78. The van der Waals surface area contributed by atoms with Gasteiger partial charge in [-0.25, -0.2) is 19.3 Å². The normalized spacial score (nSPS) is 28.3. The number of ether oxygens (including phenoxy) is 1. The molecule has 0 radical (unpaired) electrons. The predicted octanol–water partition coefficient (Wildman–Crippen LogP) is 3.08. The van der Waals surface area contributed by atoms with E-state index in [1.807, 2.05) is 30.7 Å². The molecule has 0 aromatic carbocycles. The Balaban J connectivity index is 1.34. The number of hydrogen-bond donors (Lipinski definition) is 1. The first kappa shape index (κ1) is 22.4. The van der Waals surface area contributed by atoms with Crippen LogP contribution in [0.5, 0.6) is 0 Å². The van der Waals surface area contributed by atoms with Gasteiger partial charge in [-0.1, -0.05) is 0 Å². The molecule has 4 heterocycles. The minimum atomic E-state index is -0.514. The van der Waals surface area contributed by atoms with Gasteiger partial charge >= 0.3 is 11.7 Å². The lowest BCUT2D eigenvalue weighted by atomic mass is 9.46. The van der Waals surface area contributed by atoms with E-state index in [9.17, 15) is 9.59 Å². The number of rotatable bonds is 5. The second kappa shape index (κ2) is 7.62. The van der Waals surface area contributed by atoms with E-state index in [1.54, 1.807) is 22.3 Å². The van der Waals surface area contributed by atoms with E-state index in [0.29, 0.717) is 42.0 Å². The maximum Gasteiger partial charge on any atom is 0.330 e. The van der Waals surface area contributed by atoms with Crippen molar-refractivity contribution in [2.24, 2.45) is 24.3 Å². The second-order valence-corrected chi connectivity index (χ2v) is 11.3. The summed E-state index contributed by atoms with van der Waals surface area (Å²) in [5, 5.41) is 7.53. The summed E-state index contributed by atoms with van der Waals surface area (Å²) in [6.45, 7) is 4.22. The molecule has 37 heavy (non-hydrogen) atoms. The van der Waals surface area contributed by atoms with Gasteiger partial charge < -0.3 is 10.1 Å². The Morgan fingerprint density at radius 1 is 1.22 bits per heavy atom. The number of pyridine rings is 1. The minimum Gasteiger partial charge on any atom is -0.466 e. The van der Waals surface area contributed by atoms with Crippen molar-refractivity contribution in [3.05, 3.63) is 40.8 Å². The fourth-order valence-electron chi connectivity index (χ4n) is 7.81. The number of carbonyl (C=O) groups is 1. The maximum absolute atomic E-state index is 13.7. The fourth-order valence-corrected chi connectivity index (χ4v) is 7.81. The van der Waals surface area contributed by atoms with E-state index >= 15 is 0 Å². The van der Waals surface area contributed by atoms with E-state index in [0.717, 1.165) is 49.0 Å². The van der Waals surface area contributed by atoms with E-state index in [1.165, 1.54) is 6.33 Å². The Bertz CT molecular complexity index is 1620. The molecule has 0 saturated heterocycles. The molecular formula is C26H30N8O3. The molecule has 4 fully saturated rings. The Kier molecular flexibility index (Phi) is 4.62. The number of anilines is 2. The molecule has 4 aliphatic carbocycles. The van der Waals surface area contributed by atoms with Crippen molar-refractivity contribution in [2.75, 3.05) is 11.9 Å². The third-order valence-corrected chi connectivity index (χ3v) is 8.88. The summed E-state index contributed by atoms with van der Waals surface area (Å²) in [6, 6.07) is 1.94. The van der Waals surface area contributed by atoms with Crippen molar-refractivity contribution < 1.29 is 9.53 Å².